The van der Waals surface area contributed by atoms with E-state index in [2.05, 4.69) is 9.97 Å². The first-order valence-electron chi connectivity index (χ1n) is 5.17. The molecule has 17 heavy (non-hydrogen) atoms. The lowest BCUT2D eigenvalue weighted by Gasteiger charge is -2.08. The number of aryl methyl sites for hydroxylation is 1. The first kappa shape index (κ1) is 11.3. The maximum Gasteiger partial charge on any atom is 0.150 e. The molecule has 0 N–H and O–H groups in total. The van der Waals surface area contributed by atoms with Crippen LogP contribution in [0.5, 0.6) is 5.75 Å². The van der Waals surface area contributed by atoms with Gasteiger partial charge in [-0.15, -0.1) is 0 Å². The SMILES string of the molecule is COc1ccc(C=O)cc1-c1cnc(C)nc1. The molecule has 0 amide bonds. The standard InChI is InChI=1S/C13H12N2O2/c1-9-14-6-11(7-15-9)12-5-10(8-16)3-4-13(12)17-2/h3-8H,1-2H3. The van der Waals surface area contributed by atoms with Crippen molar-refractivity contribution in [1.82, 2.24) is 9.97 Å². The Morgan fingerprint density at radius 2 is 1.94 bits per heavy atom. The quantitative estimate of drug-likeness (QED) is 0.756. The van der Waals surface area contributed by atoms with Crippen LogP contribution in [0.2, 0.25) is 0 Å². The van der Waals surface area contributed by atoms with Gasteiger partial charge in [0.25, 0.3) is 0 Å². The highest BCUT2D eigenvalue weighted by Gasteiger charge is 2.07. The van der Waals surface area contributed by atoms with Crippen LogP contribution < -0.4 is 4.74 Å². The molecule has 0 saturated carbocycles. The Morgan fingerprint density at radius 3 is 2.53 bits per heavy atom. The summed E-state index contributed by atoms with van der Waals surface area (Å²) in [7, 11) is 1.59. The molecule has 86 valence electrons. The number of aromatic nitrogens is 2. The third kappa shape index (κ3) is 2.30. The van der Waals surface area contributed by atoms with Gasteiger partial charge >= 0.3 is 0 Å². The molecule has 0 saturated heterocycles. The molecule has 0 unspecified atom stereocenters. The van der Waals surface area contributed by atoms with Crippen molar-refractivity contribution in [2.45, 2.75) is 6.92 Å². The number of nitrogens with zero attached hydrogens (tertiary/aromatic N) is 2. The lowest BCUT2D eigenvalue weighted by atomic mass is 10.1. The van der Waals surface area contributed by atoms with E-state index in [0.29, 0.717) is 17.1 Å². The van der Waals surface area contributed by atoms with Gasteiger partial charge in [0.1, 0.15) is 17.9 Å². The fourth-order valence-electron chi connectivity index (χ4n) is 1.56. The van der Waals surface area contributed by atoms with Crippen molar-refractivity contribution in [3.05, 3.63) is 42.0 Å². The molecule has 1 heterocycles. The number of rotatable bonds is 3. The van der Waals surface area contributed by atoms with Crippen LogP contribution in [0, 0.1) is 6.92 Å². The second kappa shape index (κ2) is 4.74. The number of hydrogen-bond donors (Lipinski definition) is 0. The second-order valence-electron chi connectivity index (χ2n) is 3.60. The monoisotopic (exact) mass is 228 g/mol. The van der Waals surface area contributed by atoms with E-state index in [9.17, 15) is 4.79 Å². The number of ether oxygens (including phenoxy) is 1. The molecule has 0 aliphatic carbocycles. The minimum atomic E-state index is 0.598. The van der Waals surface area contributed by atoms with Gasteiger partial charge in [-0.3, -0.25) is 4.79 Å². The molecule has 1 aromatic carbocycles. The van der Waals surface area contributed by atoms with Gasteiger partial charge in [0.2, 0.25) is 0 Å². The Hall–Kier alpha value is -2.23. The molecular formula is C13H12N2O2. The van der Waals surface area contributed by atoms with Gasteiger partial charge in [-0.1, -0.05) is 0 Å². The zero-order valence-corrected chi connectivity index (χ0v) is 9.68. The van der Waals surface area contributed by atoms with Crippen molar-refractivity contribution < 1.29 is 9.53 Å². The topological polar surface area (TPSA) is 52.1 Å². The smallest absolute Gasteiger partial charge is 0.150 e. The van der Waals surface area contributed by atoms with E-state index in [1.54, 1.807) is 37.7 Å². The van der Waals surface area contributed by atoms with Gasteiger partial charge in [0, 0.05) is 29.1 Å². The molecular weight excluding hydrogens is 216 g/mol. The minimum Gasteiger partial charge on any atom is -0.496 e. The molecule has 0 spiro atoms. The third-order valence-electron chi connectivity index (χ3n) is 2.45. The molecule has 4 heteroatoms. The molecule has 0 aliphatic rings. The van der Waals surface area contributed by atoms with Crippen LogP contribution in [-0.2, 0) is 0 Å². The van der Waals surface area contributed by atoms with E-state index < -0.39 is 0 Å². The zero-order valence-electron chi connectivity index (χ0n) is 9.68. The van der Waals surface area contributed by atoms with Gasteiger partial charge in [0.15, 0.2) is 0 Å². The van der Waals surface area contributed by atoms with E-state index in [0.717, 1.165) is 17.4 Å². The highest BCUT2D eigenvalue weighted by atomic mass is 16.5. The summed E-state index contributed by atoms with van der Waals surface area (Å²) in [5.41, 5.74) is 2.25. The van der Waals surface area contributed by atoms with Crippen LogP contribution in [0.3, 0.4) is 0 Å². The molecule has 1 aromatic heterocycles. The van der Waals surface area contributed by atoms with E-state index in [-0.39, 0.29) is 0 Å². The highest BCUT2D eigenvalue weighted by Crippen LogP contribution is 2.29. The van der Waals surface area contributed by atoms with Crippen molar-refractivity contribution in [2.24, 2.45) is 0 Å². The number of methoxy groups -OCH3 is 1. The van der Waals surface area contributed by atoms with E-state index >= 15 is 0 Å². The molecule has 4 nitrogen and oxygen atoms in total. The largest absolute Gasteiger partial charge is 0.496 e. The van der Waals surface area contributed by atoms with Crippen LogP contribution >= 0.6 is 0 Å². The van der Waals surface area contributed by atoms with E-state index in [4.69, 9.17) is 4.74 Å². The van der Waals surface area contributed by atoms with Crippen molar-refractivity contribution in [3.63, 3.8) is 0 Å². The Labute approximate surface area is 99.3 Å². The Balaban J connectivity index is 2.55. The number of aldehydes is 1. The maximum atomic E-state index is 10.8. The molecule has 0 aliphatic heterocycles. The minimum absolute atomic E-state index is 0.598. The lowest BCUT2D eigenvalue weighted by molar-refractivity contribution is 0.112. The summed E-state index contributed by atoms with van der Waals surface area (Å²) in [5, 5.41) is 0. The fraction of sp³-hybridized carbons (Fsp3) is 0.154. The zero-order chi connectivity index (χ0) is 12.3. The Bertz CT molecular complexity index is 536. The summed E-state index contributed by atoms with van der Waals surface area (Å²) in [4.78, 5) is 19.0. The van der Waals surface area contributed by atoms with Crippen LogP contribution in [0.15, 0.2) is 30.6 Å². The van der Waals surface area contributed by atoms with Crippen molar-refractivity contribution in [2.75, 3.05) is 7.11 Å². The molecule has 2 rings (SSSR count). The average Bonchev–Trinajstić information content (AvgIpc) is 2.39. The van der Waals surface area contributed by atoms with Crippen molar-refractivity contribution in [1.29, 1.82) is 0 Å². The first-order chi connectivity index (χ1) is 8.24. The van der Waals surface area contributed by atoms with Crippen LogP contribution in [0.25, 0.3) is 11.1 Å². The maximum absolute atomic E-state index is 10.8. The van der Waals surface area contributed by atoms with Crippen LogP contribution in [-0.4, -0.2) is 23.4 Å². The normalized spacial score (nSPS) is 10.0. The summed E-state index contributed by atoms with van der Waals surface area (Å²) in [6.07, 6.45) is 4.24. The van der Waals surface area contributed by atoms with Crippen LogP contribution in [0.1, 0.15) is 16.2 Å². The van der Waals surface area contributed by atoms with Gasteiger partial charge in [-0.05, 0) is 25.1 Å². The first-order valence-corrected chi connectivity index (χ1v) is 5.17. The summed E-state index contributed by atoms with van der Waals surface area (Å²) in [5.74, 6) is 1.40. The summed E-state index contributed by atoms with van der Waals surface area (Å²) < 4.78 is 5.26. The highest BCUT2D eigenvalue weighted by molar-refractivity contribution is 5.81. The van der Waals surface area contributed by atoms with E-state index in [1.807, 2.05) is 6.92 Å². The lowest BCUT2D eigenvalue weighted by Crippen LogP contribution is -1.93. The van der Waals surface area contributed by atoms with Crippen LogP contribution in [0.4, 0.5) is 0 Å². The summed E-state index contributed by atoms with van der Waals surface area (Å²) >= 11 is 0. The van der Waals surface area contributed by atoms with Gasteiger partial charge < -0.3 is 4.74 Å². The second-order valence-corrected chi connectivity index (χ2v) is 3.60. The molecule has 0 atom stereocenters. The number of carbonyl (C=O) groups is 1. The van der Waals surface area contributed by atoms with Crippen molar-refractivity contribution >= 4 is 6.29 Å². The molecule has 0 bridgehead atoms. The van der Waals surface area contributed by atoms with Gasteiger partial charge in [0.05, 0.1) is 7.11 Å². The Kier molecular flexibility index (Phi) is 3.14. The Morgan fingerprint density at radius 1 is 1.24 bits per heavy atom. The number of benzene rings is 1. The van der Waals surface area contributed by atoms with Gasteiger partial charge in [-0.25, -0.2) is 9.97 Å². The molecule has 0 fully saturated rings. The number of hydrogen-bond acceptors (Lipinski definition) is 4. The summed E-state index contributed by atoms with van der Waals surface area (Å²) in [6.45, 7) is 1.82. The van der Waals surface area contributed by atoms with Gasteiger partial charge in [-0.2, -0.15) is 0 Å². The average molecular weight is 228 g/mol. The predicted octanol–water partition coefficient (Wildman–Crippen LogP) is 2.27. The third-order valence-corrected chi connectivity index (χ3v) is 2.45. The van der Waals surface area contributed by atoms with E-state index in [1.165, 1.54) is 0 Å². The predicted molar refractivity (Wildman–Crippen MR) is 64.1 cm³/mol. The number of carbonyl (C=O) groups excluding carboxylic acids is 1. The fourth-order valence-corrected chi connectivity index (χ4v) is 1.56. The molecule has 2 aromatic rings. The summed E-state index contributed by atoms with van der Waals surface area (Å²) in [6, 6.07) is 5.24. The van der Waals surface area contributed by atoms with Crippen molar-refractivity contribution in [3.8, 4) is 16.9 Å². The molecule has 0 radical (unpaired) electrons.